The van der Waals surface area contributed by atoms with Gasteiger partial charge in [-0.05, 0) is 64.6 Å². The number of hydrogen-bond acceptors (Lipinski definition) is 4. The van der Waals surface area contributed by atoms with E-state index in [2.05, 4.69) is 27.6 Å². The first-order chi connectivity index (χ1) is 11.8. The molecule has 0 aromatic heterocycles. The molecule has 2 heterocycles. The highest BCUT2D eigenvalue weighted by atomic mass is 16.5. The molecule has 2 aliphatic heterocycles. The smallest absolute Gasteiger partial charge is 0.190 e. The standard InChI is InChI=1S/C18H36N4O2/c1-19-18(21-10-6-16-7-11-22(2)12-8-16)20-9-4-13-23-15-17-5-3-14-24-17/h16-17H,3-15H2,1-2H3,(H2,19,20,21). The predicted molar refractivity (Wildman–Crippen MR) is 98.6 cm³/mol. The number of hydrogen-bond donors (Lipinski definition) is 2. The molecule has 24 heavy (non-hydrogen) atoms. The van der Waals surface area contributed by atoms with Crippen LogP contribution in [0.1, 0.15) is 38.5 Å². The van der Waals surface area contributed by atoms with E-state index in [4.69, 9.17) is 9.47 Å². The van der Waals surface area contributed by atoms with Gasteiger partial charge in [0, 0.05) is 33.4 Å². The third kappa shape index (κ3) is 7.81. The van der Waals surface area contributed by atoms with Gasteiger partial charge in [-0.25, -0.2) is 0 Å². The van der Waals surface area contributed by atoms with Gasteiger partial charge in [-0.1, -0.05) is 0 Å². The molecule has 2 fully saturated rings. The van der Waals surface area contributed by atoms with Crippen molar-refractivity contribution in [2.24, 2.45) is 10.9 Å². The summed E-state index contributed by atoms with van der Waals surface area (Å²) in [6.45, 7) is 6.79. The molecule has 2 aliphatic rings. The van der Waals surface area contributed by atoms with Crippen molar-refractivity contribution < 1.29 is 9.47 Å². The van der Waals surface area contributed by atoms with Crippen LogP contribution in [0, 0.1) is 5.92 Å². The third-order valence-electron chi connectivity index (χ3n) is 4.99. The Hall–Kier alpha value is -0.850. The minimum atomic E-state index is 0.326. The summed E-state index contributed by atoms with van der Waals surface area (Å²) in [5.41, 5.74) is 0. The molecule has 0 saturated carbocycles. The SMILES string of the molecule is CN=C(NCCCOCC1CCCO1)NCCC1CCN(C)CC1. The first-order valence-corrected chi connectivity index (χ1v) is 9.60. The second kappa shape index (κ2) is 11.7. The number of guanidine groups is 1. The van der Waals surface area contributed by atoms with Gasteiger partial charge in [0.25, 0.3) is 0 Å². The van der Waals surface area contributed by atoms with Gasteiger partial charge in [-0.15, -0.1) is 0 Å². The van der Waals surface area contributed by atoms with Gasteiger partial charge in [0.05, 0.1) is 12.7 Å². The molecule has 0 radical (unpaired) electrons. The topological polar surface area (TPSA) is 58.1 Å². The van der Waals surface area contributed by atoms with E-state index in [0.29, 0.717) is 6.10 Å². The average molecular weight is 341 g/mol. The monoisotopic (exact) mass is 340 g/mol. The van der Waals surface area contributed by atoms with Gasteiger partial charge >= 0.3 is 0 Å². The highest BCUT2D eigenvalue weighted by Gasteiger charge is 2.16. The molecule has 2 N–H and O–H groups in total. The van der Waals surface area contributed by atoms with Gasteiger partial charge in [-0.3, -0.25) is 4.99 Å². The lowest BCUT2D eigenvalue weighted by atomic mass is 9.94. The summed E-state index contributed by atoms with van der Waals surface area (Å²) < 4.78 is 11.2. The fraction of sp³-hybridized carbons (Fsp3) is 0.944. The van der Waals surface area contributed by atoms with E-state index in [1.165, 1.54) is 38.8 Å². The van der Waals surface area contributed by atoms with Gasteiger partial charge < -0.3 is 25.0 Å². The molecule has 0 bridgehead atoms. The van der Waals surface area contributed by atoms with Crippen LogP contribution in [0.2, 0.25) is 0 Å². The summed E-state index contributed by atoms with van der Waals surface area (Å²) in [5, 5.41) is 6.79. The number of ether oxygens (including phenoxy) is 2. The summed E-state index contributed by atoms with van der Waals surface area (Å²) in [7, 11) is 4.05. The molecule has 0 spiro atoms. The van der Waals surface area contributed by atoms with Crippen molar-refractivity contribution in [2.45, 2.75) is 44.6 Å². The van der Waals surface area contributed by atoms with Crippen LogP contribution < -0.4 is 10.6 Å². The first-order valence-electron chi connectivity index (χ1n) is 9.60. The maximum atomic E-state index is 5.67. The lowest BCUT2D eigenvalue weighted by molar-refractivity contribution is 0.0168. The molecule has 6 nitrogen and oxygen atoms in total. The van der Waals surface area contributed by atoms with E-state index < -0.39 is 0 Å². The third-order valence-corrected chi connectivity index (χ3v) is 4.99. The number of nitrogens with one attached hydrogen (secondary N) is 2. The lowest BCUT2D eigenvalue weighted by Gasteiger charge is -2.29. The Morgan fingerprint density at radius 3 is 2.71 bits per heavy atom. The zero-order valence-electron chi connectivity index (χ0n) is 15.6. The minimum absolute atomic E-state index is 0.326. The van der Waals surface area contributed by atoms with Crippen molar-refractivity contribution in [3.05, 3.63) is 0 Å². The van der Waals surface area contributed by atoms with Gasteiger partial charge in [0.1, 0.15) is 0 Å². The van der Waals surface area contributed by atoms with Crippen molar-refractivity contribution >= 4 is 5.96 Å². The summed E-state index contributed by atoms with van der Waals surface area (Å²) in [6.07, 6.45) is 7.52. The van der Waals surface area contributed by atoms with Crippen LogP contribution in [0.5, 0.6) is 0 Å². The summed E-state index contributed by atoms with van der Waals surface area (Å²) in [5.74, 6) is 1.76. The van der Waals surface area contributed by atoms with Crippen molar-refractivity contribution in [3.8, 4) is 0 Å². The number of rotatable bonds is 9. The summed E-state index contributed by atoms with van der Waals surface area (Å²) in [4.78, 5) is 6.71. The predicted octanol–water partition coefficient (Wildman–Crippen LogP) is 1.47. The zero-order valence-corrected chi connectivity index (χ0v) is 15.6. The quantitative estimate of drug-likeness (QED) is 0.378. The lowest BCUT2D eigenvalue weighted by Crippen LogP contribution is -2.39. The molecular formula is C18H36N4O2. The fourth-order valence-corrected chi connectivity index (χ4v) is 3.34. The van der Waals surface area contributed by atoms with E-state index in [9.17, 15) is 0 Å². The Balaban J connectivity index is 1.43. The number of nitrogens with zero attached hydrogens (tertiary/aromatic N) is 2. The van der Waals surface area contributed by atoms with Crippen molar-refractivity contribution in [1.82, 2.24) is 15.5 Å². The maximum Gasteiger partial charge on any atom is 0.190 e. The normalized spacial score (nSPS) is 23.6. The van der Waals surface area contributed by atoms with Crippen LogP contribution in [0.25, 0.3) is 0 Å². The second-order valence-corrected chi connectivity index (χ2v) is 7.02. The van der Waals surface area contributed by atoms with E-state index in [0.717, 1.165) is 57.6 Å². The zero-order chi connectivity index (χ0) is 17.0. The average Bonchev–Trinajstić information content (AvgIpc) is 3.11. The molecule has 2 rings (SSSR count). The van der Waals surface area contributed by atoms with Crippen molar-refractivity contribution in [1.29, 1.82) is 0 Å². The molecule has 2 saturated heterocycles. The summed E-state index contributed by atoms with van der Waals surface area (Å²) in [6, 6.07) is 0. The van der Waals surface area contributed by atoms with Crippen LogP contribution in [-0.4, -0.2) is 77.1 Å². The highest BCUT2D eigenvalue weighted by Crippen LogP contribution is 2.18. The molecular weight excluding hydrogens is 304 g/mol. The van der Waals surface area contributed by atoms with E-state index in [1.54, 1.807) is 0 Å². The molecule has 140 valence electrons. The molecule has 1 unspecified atom stereocenters. The first kappa shape index (κ1) is 19.5. The van der Waals surface area contributed by atoms with Crippen LogP contribution in [0.3, 0.4) is 0 Å². The number of aliphatic imine (C=N–C) groups is 1. The number of piperidine rings is 1. The Kier molecular flexibility index (Phi) is 9.46. The van der Waals surface area contributed by atoms with Gasteiger partial charge in [-0.2, -0.15) is 0 Å². The molecule has 0 aromatic rings. The Morgan fingerprint density at radius 1 is 1.21 bits per heavy atom. The molecule has 0 aliphatic carbocycles. The molecule has 6 heteroatoms. The van der Waals surface area contributed by atoms with Crippen LogP contribution >= 0.6 is 0 Å². The van der Waals surface area contributed by atoms with Crippen LogP contribution in [0.4, 0.5) is 0 Å². The fourth-order valence-electron chi connectivity index (χ4n) is 3.34. The maximum absolute atomic E-state index is 5.67. The van der Waals surface area contributed by atoms with Crippen molar-refractivity contribution in [3.63, 3.8) is 0 Å². The Labute approximate surface area is 147 Å². The minimum Gasteiger partial charge on any atom is -0.379 e. The molecule has 1 atom stereocenters. The van der Waals surface area contributed by atoms with E-state index in [1.807, 2.05) is 7.05 Å². The van der Waals surface area contributed by atoms with E-state index in [-0.39, 0.29) is 0 Å². The van der Waals surface area contributed by atoms with Crippen LogP contribution in [0.15, 0.2) is 4.99 Å². The van der Waals surface area contributed by atoms with Gasteiger partial charge in [0.2, 0.25) is 0 Å². The molecule has 0 amide bonds. The Morgan fingerprint density at radius 2 is 2.00 bits per heavy atom. The number of likely N-dealkylation sites (tertiary alicyclic amines) is 1. The van der Waals surface area contributed by atoms with Crippen molar-refractivity contribution in [2.75, 3.05) is 60.1 Å². The molecule has 0 aromatic carbocycles. The summed E-state index contributed by atoms with van der Waals surface area (Å²) >= 11 is 0. The largest absolute Gasteiger partial charge is 0.379 e. The Bertz CT molecular complexity index is 351. The second-order valence-electron chi connectivity index (χ2n) is 7.02. The van der Waals surface area contributed by atoms with E-state index >= 15 is 0 Å². The van der Waals surface area contributed by atoms with Gasteiger partial charge in [0.15, 0.2) is 5.96 Å². The van der Waals surface area contributed by atoms with Crippen LogP contribution in [-0.2, 0) is 9.47 Å². The highest BCUT2D eigenvalue weighted by molar-refractivity contribution is 5.79.